The maximum absolute atomic E-state index is 6.07. The summed E-state index contributed by atoms with van der Waals surface area (Å²) >= 11 is 0. The van der Waals surface area contributed by atoms with Crippen LogP contribution in [0.4, 0.5) is 17.1 Å². The Hall–Kier alpha value is -8.40. The molecular weight excluding hydrogens is 885 g/mol. The molecule has 0 amide bonds. The van der Waals surface area contributed by atoms with E-state index in [1.165, 1.54) is 77.5 Å². The minimum Gasteiger partial charge on any atom is -0.491 e. The zero-order valence-electron chi connectivity index (χ0n) is 42.6. The maximum Gasteiger partial charge on any atom is 0.119 e. The molecule has 1 aromatic heterocycles. The standard InChI is InChI=1S/C70H60N2O/c1-7-47(4)48-17-19-50(20-18-48)51-21-23-53(24-22-51)55-29-41-68-64(43-55)65-44-56(30-42-69(65)72(68)59-35-38-61(39-36-59)73-46(2)3)54-27-33-58(34-28-54)71(57-31-25-52(26-32-57)49-13-9-8-10-14-49)60-37-40-63-62-15-11-12-16-66(62)70(5,6)67(63)45-60/h8-47H,7H2,1-6H3. The molecule has 11 aromatic rings. The molecule has 0 bridgehead atoms. The van der Waals surface area contributed by atoms with Crippen molar-refractivity contribution in [2.75, 3.05) is 4.90 Å². The van der Waals surface area contributed by atoms with Crippen molar-refractivity contribution in [3.63, 3.8) is 0 Å². The lowest BCUT2D eigenvalue weighted by Crippen LogP contribution is -2.16. The van der Waals surface area contributed by atoms with Crippen LogP contribution in [0.1, 0.15) is 70.6 Å². The number of fused-ring (bicyclic) bond motifs is 6. The molecular formula is C70H60N2O. The van der Waals surface area contributed by atoms with E-state index in [1.54, 1.807) is 0 Å². The van der Waals surface area contributed by atoms with Crippen molar-refractivity contribution in [1.82, 2.24) is 4.57 Å². The van der Waals surface area contributed by atoms with Gasteiger partial charge in [-0.3, -0.25) is 0 Å². The predicted molar refractivity (Wildman–Crippen MR) is 309 cm³/mol. The Balaban J connectivity index is 0.931. The van der Waals surface area contributed by atoms with Crippen molar-refractivity contribution in [3.05, 3.63) is 247 Å². The fourth-order valence-electron chi connectivity index (χ4n) is 11.2. The highest BCUT2D eigenvalue weighted by Gasteiger charge is 2.35. The Bertz CT molecular complexity index is 3770. The SMILES string of the molecule is CCC(C)c1ccc(-c2ccc(-c3ccc4c(c3)c3cc(-c5ccc(N(c6ccc(-c7ccccc7)cc6)c6ccc7c(c6)C(C)(C)c6ccccc6-7)cc5)ccc3n4-c3ccc(OC(C)C)cc3)cc2)cc1. The van der Waals surface area contributed by atoms with Crippen molar-refractivity contribution >= 4 is 38.9 Å². The van der Waals surface area contributed by atoms with Crippen molar-refractivity contribution in [1.29, 1.82) is 0 Å². The number of aromatic nitrogens is 1. The van der Waals surface area contributed by atoms with Gasteiger partial charge in [0.05, 0.1) is 17.1 Å². The largest absolute Gasteiger partial charge is 0.491 e. The van der Waals surface area contributed by atoms with Crippen molar-refractivity contribution in [3.8, 4) is 67.1 Å². The highest BCUT2D eigenvalue weighted by atomic mass is 16.5. The van der Waals surface area contributed by atoms with Gasteiger partial charge >= 0.3 is 0 Å². The van der Waals surface area contributed by atoms with Gasteiger partial charge in [-0.05, 0) is 183 Å². The molecule has 356 valence electrons. The summed E-state index contributed by atoms with van der Waals surface area (Å²) in [7, 11) is 0. The number of hydrogen-bond donors (Lipinski definition) is 0. The Morgan fingerprint density at radius 1 is 0.425 bits per heavy atom. The van der Waals surface area contributed by atoms with E-state index in [1.807, 2.05) is 0 Å². The lowest BCUT2D eigenvalue weighted by atomic mass is 9.82. The molecule has 0 radical (unpaired) electrons. The summed E-state index contributed by atoms with van der Waals surface area (Å²) in [6.07, 6.45) is 1.25. The van der Waals surface area contributed by atoms with Crippen LogP contribution in [0.25, 0.3) is 83.1 Å². The molecule has 3 nitrogen and oxygen atoms in total. The normalized spacial score (nSPS) is 13.0. The van der Waals surface area contributed by atoms with Crippen molar-refractivity contribution in [2.24, 2.45) is 0 Å². The molecule has 1 unspecified atom stereocenters. The summed E-state index contributed by atoms with van der Waals surface area (Å²) in [5.74, 6) is 1.43. The fraction of sp³-hybridized carbons (Fsp3) is 0.143. The van der Waals surface area contributed by atoms with Crippen LogP contribution in [-0.2, 0) is 5.41 Å². The Kier molecular flexibility index (Phi) is 11.7. The number of rotatable bonds is 12. The quantitative estimate of drug-likeness (QED) is 0.121. The van der Waals surface area contributed by atoms with Crippen LogP contribution in [0.5, 0.6) is 5.75 Å². The summed E-state index contributed by atoms with van der Waals surface area (Å²) < 4.78 is 8.46. The molecule has 0 aliphatic heterocycles. The summed E-state index contributed by atoms with van der Waals surface area (Å²) in [5.41, 5.74) is 23.0. The number of ether oxygens (including phenoxy) is 1. The predicted octanol–water partition coefficient (Wildman–Crippen LogP) is 19.5. The topological polar surface area (TPSA) is 17.4 Å². The number of anilines is 3. The Labute approximate surface area is 430 Å². The van der Waals surface area contributed by atoms with Crippen LogP contribution in [0.3, 0.4) is 0 Å². The molecule has 0 spiro atoms. The van der Waals surface area contributed by atoms with Crippen LogP contribution in [0.2, 0.25) is 0 Å². The van der Waals surface area contributed by atoms with Crippen LogP contribution in [0, 0.1) is 0 Å². The van der Waals surface area contributed by atoms with E-state index in [0.29, 0.717) is 5.92 Å². The average Bonchev–Trinajstić information content (AvgIpc) is 3.88. The lowest BCUT2D eigenvalue weighted by molar-refractivity contribution is 0.242. The summed E-state index contributed by atoms with van der Waals surface area (Å²) in [5, 5.41) is 2.42. The molecule has 10 aromatic carbocycles. The fourth-order valence-corrected chi connectivity index (χ4v) is 11.2. The lowest BCUT2D eigenvalue weighted by Gasteiger charge is -2.28. The molecule has 0 saturated heterocycles. The number of nitrogens with zero attached hydrogens (tertiary/aromatic N) is 2. The van der Waals surface area contributed by atoms with Gasteiger partial charge in [-0.15, -0.1) is 0 Å². The van der Waals surface area contributed by atoms with Gasteiger partial charge in [-0.1, -0.05) is 173 Å². The first kappa shape index (κ1) is 45.7. The highest BCUT2D eigenvalue weighted by molar-refractivity contribution is 6.11. The van der Waals surface area contributed by atoms with E-state index < -0.39 is 0 Å². The second-order valence-electron chi connectivity index (χ2n) is 20.7. The molecule has 0 fully saturated rings. The van der Waals surface area contributed by atoms with E-state index in [0.717, 1.165) is 51.5 Å². The Morgan fingerprint density at radius 3 is 1.42 bits per heavy atom. The molecule has 0 N–H and O–H groups in total. The first-order valence-electron chi connectivity index (χ1n) is 26.0. The van der Waals surface area contributed by atoms with Crippen LogP contribution >= 0.6 is 0 Å². The zero-order valence-corrected chi connectivity index (χ0v) is 42.6. The van der Waals surface area contributed by atoms with Gasteiger partial charge in [-0.25, -0.2) is 0 Å². The molecule has 1 aliphatic carbocycles. The summed E-state index contributed by atoms with van der Waals surface area (Å²) in [6, 6.07) is 85.2. The molecule has 1 aliphatic rings. The first-order chi connectivity index (χ1) is 35.6. The first-order valence-corrected chi connectivity index (χ1v) is 26.0. The van der Waals surface area contributed by atoms with E-state index in [4.69, 9.17) is 4.74 Å². The second-order valence-corrected chi connectivity index (χ2v) is 20.7. The summed E-state index contributed by atoms with van der Waals surface area (Å²) in [4.78, 5) is 2.41. The Morgan fingerprint density at radius 2 is 0.877 bits per heavy atom. The van der Waals surface area contributed by atoms with Crippen LogP contribution in [-0.4, -0.2) is 10.7 Å². The minimum absolute atomic E-state index is 0.105. The average molecular weight is 945 g/mol. The van der Waals surface area contributed by atoms with E-state index in [-0.39, 0.29) is 11.5 Å². The molecule has 1 heterocycles. The number of hydrogen-bond acceptors (Lipinski definition) is 2. The molecule has 3 heteroatoms. The zero-order chi connectivity index (χ0) is 49.8. The van der Waals surface area contributed by atoms with Gasteiger partial charge in [0, 0.05) is 38.9 Å². The maximum atomic E-state index is 6.07. The van der Waals surface area contributed by atoms with Gasteiger partial charge in [0.15, 0.2) is 0 Å². The van der Waals surface area contributed by atoms with E-state index >= 15 is 0 Å². The summed E-state index contributed by atoms with van der Waals surface area (Å²) in [6.45, 7) is 13.4. The van der Waals surface area contributed by atoms with Crippen LogP contribution < -0.4 is 9.64 Å². The van der Waals surface area contributed by atoms with Gasteiger partial charge < -0.3 is 14.2 Å². The third-order valence-electron chi connectivity index (χ3n) is 15.4. The van der Waals surface area contributed by atoms with Crippen molar-refractivity contribution < 1.29 is 4.74 Å². The third-order valence-corrected chi connectivity index (χ3v) is 15.4. The van der Waals surface area contributed by atoms with Crippen LogP contribution in [0.15, 0.2) is 231 Å². The van der Waals surface area contributed by atoms with E-state index in [2.05, 4.69) is 282 Å². The van der Waals surface area contributed by atoms with Gasteiger partial charge in [0.25, 0.3) is 0 Å². The molecule has 73 heavy (non-hydrogen) atoms. The number of benzene rings is 10. The van der Waals surface area contributed by atoms with Crippen molar-refractivity contribution in [2.45, 2.75) is 65.4 Å². The van der Waals surface area contributed by atoms with Gasteiger partial charge in [0.1, 0.15) is 5.75 Å². The second kappa shape index (κ2) is 18.7. The minimum atomic E-state index is -0.118. The molecule has 0 saturated carbocycles. The monoisotopic (exact) mass is 944 g/mol. The van der Waals surface area contributed by atoms with E-state index in [9.17, 15) is 0 Å². The third kappa shape index (κ3) is 8.39. The smallest absolute Gasteiger partial charge is 0.119 e. The van der Waals surface area contributed by atoms with Gasteiger partial charge in [-0.2, -0.15) is 0 Å². The molecule has 1 atom stereocenters. The highest BCUT2D eigenvalue weighted by Crippen LogP contribution is 2.51. The van der Waals surface area contributed by atoms with Gasteiger partial charge in [0.2, 0.25) is 0 Å². The molecule has 12 rings (SSSR count).